The van der Waals surface area contributed by atoms with E-state index in [4.69, 9.17) is 0 Å². The molecule has 0 spiro atoms. The molecule has 1 aliphatic carbocycles. The second kappa shape index (κ2) is 3.56. The maximum atomic E-state index is 11.1. The molecule has 62 valence electrons. The van der Waals surface area contributed by atoms with E-state index in [0.717, 1.165) is 31.3 Å². The standard InChI is InChI=1S/C9H14O2/c1-3-7-5-4-6-8(7)9(10)11-2/h3-6H2,1-2H3. The average molecular weight is 154 g/mol. The quantitative estimate of drug-likeness (QED) is 0.569. The summed E-state index contributed by atoms with van der Waals surface area (Å²) in [4.78, 5) is 11.1. The zero-order chi connectivity index (χ0) is 8.27. The van der Waals surface area contributed by atoms with Crippen molar-refractivity contribution in [2.75, 3.05) is 7.11 Å². The lowest BCUT2D eigenvalue weighted by Gasteiger charge is -2.01. The third-order valence-electron chi connectivity index (χ3n) is 2.19. The summed E-state index contributed by atoms with van der Waals surface area (Å²) in [6.45, 7) is 2.09. The number of methoxy groups -OCH3 is 1. The van der Waals surface area contributed by atoms with E-state index in [1.54, 1.807) is 0 Å². The molecule has 0 amide bonds. The van der Waals surface area contributed by atoms with E-state index in [1.807, 2.05) is 0 Å². The van der Waals surface area contributed by atoms with Crippen molar-refractivity contribution in [3.63, 3.8) is 0 Å². The van der Waals surface area contributed by atoms with Crippen LogP contribution in [0.5, 0.6) is 0 Å². The number of rotatable bonds is 2. The lowest BCUT2D eigenvalue weighted by atomic mass is 10.1. The van der Waals surface area contributed by atoms with E-state index < -0.39 is 0 Å². The summed E-state index contributed by atoms with van der Waals surface area (Å²) in [6.07, 6.45) is 4.11. The first-order chi connectivity index (χ1) is 5.29. The Labute approximate surface area is 67.2 Å². The highest BCUT2D eigenvalue weighted by Crippen LogP contribution is 2.28. The van der Waals surface area contributed by atoms with Crippen LogP contribution in [0.3, 0.4) is 0 Å². The van der Waals surface area contributed by atoms with Gasteiger partial charge in [0, 0.05) is 5.57 Å². The smallest absolute Gasteiger partial charge is 0.333 e. The van der Waals surface area contributed by atoms with Gasteiger partial charge >= 0.3 is 5.97 Å². The van der Waals surface area contributed by atoms with Gasteiger partial charge in [0.2, 0.25) is 0 Å². The normalized spacial score (nSPS) is 17.3. The number of esters is 1. The third kappa shape index (κ3) is 1.62. The Morgan fingerprint density at radius 3 is 2.82 bits per heavy atom. The number of carbonyl (C=O) groups excluding carboxylic acids is 1. The highest BCUT2D eigenvalue weighted by atomic mass is 16.5. The second-order valence-electron chi connectivity index (χ2n) is 2.78. The number of allylic oxidation sites excluding steroid dienone is 1. The van der Waals surface area contributed by atoms with Crippen LogP contribution in [0.15, 0.2) is 11.1 Å². The van der Waals surface area contributed by atoms with Gasteiger partial charge in [0.1, 0.15) is 0 Å². The summed E-state index contributed by atoms with van der Waals surface area (Å²) >= 11 is 0. The maximum Gasteiger partial charge on any atom is 0.333 e. The first-order valence-electron chi connectivity index (χ1n) is 4.08. The molecule has 0 N–H and O–H groups in total. The molecule has 1 aliphatic rings. The van der Waals surface area contributed by atoms with E-state index >= 15 is 0 Å². The molecule has 0 aromatic heterocycles. The van der Waals surface area contributed by atoms with Crippen LogP contribution < -0.4 is 0 Å². The lowest BCUT2D eigenvalue weighted by molar-refractivity contribution is -0.136. The van der Waals surface area contributed by atoms with E-state index in [9.17, 15) is 4.79 Å². The van der Waals surface area contributed by atoms with Crippen molar-refractivity contribution < 1.29 is 9.53 Å². The van der Waals surface area contributed by atoms with Gasteiger partial charge in [-0.25, -0.2) is 4.79 Å². The van der Waals surface area contributed by atoms with Gasteiger partial charge < -0.3 is 4.74 Å². The number of hydrogen-bond acceptors (Lipinski definition) is 2. The fraction of sp³-hybridized carbons (Fsp3) is 0.667. The van der Waals surface area contributed by atoms with Crippen LogP contribution in [-0.4, -0.2) is 13.1 Å². The summed E-state index contributed by atoms with van der Waals surface area (Å²) in [5.74, 6) is -0.126. The van der Waals surface area contributed by atoms with Crippen LogP contribution in [0.1, 0.15) is 32.6 Å². The maximum absolute atomic E-state index is 11.1. The Hall–Kier alpha value is -0.790. The molecule has 0 fully saturated rings. The third-order valence-corrected chi connectivity index (χ3v) is 2.19. The number of hydrogen-bond donors (Lipinski definition) is 0. The molecule has 0 saturated carbocycles. The molecule has 0 bridgehead atoms. The predicted molar refractivity (Wildman–Crippen MR) is 43.2 cm³/mol. The highest BCUT2D eigenvalue weighted by molar-refractivity contribution is 5.89. The van der Waals surface area contributed by atoms with Gasteiger partial charge in [-0.05, 0) is 25.7 Å². The van der Waals surface area contributed by atoms with Gasteiger partial charge in [-0.1, -0.05) is 12.5 Å². The SMILES string of the molecule is CCC1=C(C(=O)OC)CCC1. The monoisotopic (exact) mass is 154 g/mol. The Kier molecular flexibility index (Phi) is 2.69. The van der Waals surface area contributed by atoms with Crippen LogP contribution in [0.4, 0.5) is 0 Å². The summed E-state index contributed by atoms with van der Waals surface area (Å²) in [5, 5.41) is 0. The molecule has 1 rings (SSSR count). The minimum Gasteiger partial charge on any atom is -0.466 e. The fourth-order valence-electron chi connectivity index (χ4n) is 1.57. The fourth-order valence-corrected chi connectivity index (χ4v) is 1.57. The molecule has 0 atom stereocenters. The minimum absolute atomic E-state index is 0.126. The van der Waals surface area contributed by atoms with E-state index in [-0.39, 0.29) is 5.97 Å². The predicted octanol–water partition coefficient (Wildman–Crippen LogP) is 2.05. The van der Waals surface area contributed by atoms with Crippen LogP contribution in [0, 0.1) is 0 Å². The molecule has 0 aliphatic heterocycles. The first kappa shape index (κ1) is 8.31. The van der Waals surface area contributed by atoms with Crippen molar-refractivity contribution in [1.29, 1.82) is 0 Å². The minimum atomic E-state index is -0.126. The summed E-state index contributed by atoms with van der Waals surface area (Å²) < 4.78 is 4.67. The van der Waals surface area contributed by atoms with Gasteiger partial charge in [0.05, 0.1) is 7.11 Å². The van der Waals surface area contributed by atoms with Crippen molar-refractivity contribution in [2.45, 2.75) is 32.6 Å². The molecule has 0 unspecified atom stereocenters. The molecule has 2 heteroatoms. The topological polar surface area (TPSA) is 26.3 Å². The molecular weight excluding hydrogens is 140 g/mol. The van der Waals surface area contributed by atoms with Crippen molar-refractivity contribution >= 4 is 5.97 Å². The molecule has 0 saturated heterocycles. The number of carbonyl (C=O) groups is 1. The van der Waals surface area contributed by atoms with Gasteiger partial charge in [0.15, 0.2) is 0 Å². The number of ether oxygens (including phenoxy) is 1. The average Bonchev–Trinajstić information content (AvgIpc) is 2.50. The van der Waals surface area contributed by atoms with Crippen molar-refractivity contribution in [3.05, 3.63) is 11.1 Å². The van der Waals surface area contributed by atoms with Gasteiger partial charge in [-0.3, -0.25) is 0 Å². The Morgan fingerprint density at radius 2 is 2.27 bits per heavy atom. The summed E-state index contributed by atoms with van der Waals surface area (Å²) in [7, 11) is 1.45. The zero-order valence-electron chi connectivity index (χ0n) is 7.14. The molecule has 0 aromatic rings. The lowest BCUT2D eigenvalue weighted by Crippen LogP contribution is -2.03. The molecule has 11 heavy (non-hydrogen) atoms. The second-order valence-corrected chi connectivity index (χ2v) is 2.78. The van der Waals surface area contributed by atoms with Crippen LogP contribution >= 0.6 is 0 Å². The highest BCUT2D eigenvalue weighted by Gasteiger charge is 2.19. The largest absolute Gasteiger partial charge is 0.466 e. The van der Waals surface area contributed by atoms with Crippen LogP contribution in [0.25, 0.3) is 0 Å². The van der Waals surface area contributed by atoms with Crippen LogP contribution in [0.2, 0.25) is 0 Å². The van der Waals surface area contributed by atoms with Crippen molar-refractivity contribution in [1.82, 2.24) is 0 Å². The van der Waals surface area contributed by atoms with E-state index in [2.05, 4.69) is 11.7 Å². The molecular formula is C9H14O2. The molecule has 0 aromatic carbocycles. The van der Waals surface area contributed by atoms with Gasteiger partial charge in [-0.15, -0.1) is 0 Å². The van der Waals surface area contributed by atoms with Gasteiger partial charge in [0.25, 0.3) is 0 Å². The van der Waals surface area contributed by atoms with Gasteiger partial charge in [-0.2, -0.15) is 0 Å². The van der Waals surface area contributed by atoms with Crippen LogP contribution in [-0.2, 0) is 9.53 Å². The Balaban J connectivity index is 2.74. The van der Waals surface area contributed by atoms with E-state index in [1.165, 1.54) is 12.7 Å². The summed E-state index contributed by atoms with van der Waals surface area (Å²) in [5.41, 5.74) is 2.21. The van der Waals surface area contributed by atoms with Crippen molar-refractivity contribution in [3.8, 4) is 0 Å². The first-order valence-corrected chi connectivity index (χ1v) is 4.08. The molecule has 2 nitrogen and oxygen atoms in total. The Bertz CT molecular complexity index is 192. The molecule has 0 radical (unpaired) electrons. The van der Waals surface area contributed by atoms with E-state index in [0.29, 0.717) is 0 Å². The summed E-state index contributed by atoms with van der Waals surface area (Å²) in [6, 6.07) is 0. The molecule has 0 heterocycles. The van der Waals surface area contributed by atoms with Crippen molar-refractivity contribution in [2.24, 2.45) is 0 Å². The Morgan fingerprint density at radius 1 is 1.55 bits per heavy atom. The zero-order valence-corrected chi connectivity index (χ0v) is 7.14.